The Morgan fingerprint density at radius 2 is 1.79 bits per heavy atom. The summed E-state index contributed by atoms with van der Waals surface area (Å²) in [5.74, 6) is 0.682. The maximum absolute atomic E-state index is 12.9. The number of carbonyl (C=O) groups is 1. The van der Waals surface area contributed by atoms with E-state index in [2.05, 4.69) is 37.0 Å². The number of carbonyl (C=O) groups excluding carboxylic acids is 1. The third-order valence-corrected chi connectivity index (χ3v) is 5.17. The predicted octanol–water partition coefficient (Wildman–Crippen LogP) is 3.75. The predicted molar refractivity (Wildman–Crippen MR) is 110 cm³/mol. The molecule has 29 heavy (non-hydrogen) atoms. The number of amides is 1. The molecule has 6 nitrogen and oxygen atoms in total. The van der Waals surface area contributed by atoms with E-state index in [0.29, 0.717) is 0 Å². The molecule has 1 atom stereocenters. The van der Waals surface area contributed by atoms with Crippen LogP contribution in [0.3, 0.4) is 0 Å². The zero-order valence-electron chi connectivity index (χ0n) is 15.7. The monoisotopic (exact) mass is 381 g/mol. The van der Waals surface area contributed by atoms with E-state index in [0.717, 1.165) is 35.6 Å². The summed E-state index contributed by atoms with van der Waals surface area (Å²) < 4.78 is 2.05. The third-order valence-electron chi connectivity index (χ3n) is 5.17. The summed E-state index contributed by atoms with van der Waals surface area (Å²) in [5.41, 5.74) is 4.02. The second kappa shape index (κ2) is 7.31. The summed E-state index contributed by atoms with van der Waals surface area (Å²) >= 11 is 0. The van der Waals surface area contributed by atoms with E-state index in [4.69, 9.17) is 0 Å². The van der Waals surface area contributed by atoms with Gasteiger partial charge >= 0.3 is 0 Å². The van der Waals surface area contributed by atoms with Gasteiger partial charge in [-0.25, -0.2) is 15.0 Å². The molecule has 4 aromatic rings. The first-order valence-electron chi connectivity index (χ1n) is 9.60. The molecule has 1 unspecified atom stereocenters. The molecule has 142 valence electrons. The van der Waals surface area contributed by atoms with Crippen LogP contribution in [0.5, 0.6) is 0 Å². The molecule has 2 aromatic carbocycles. The highest BCUT2D eigenvalue weighted by molar-refractivity contribution is 5.91. The number of para-hydroxylation sites is 1. The SMILES string of the molecule is O=C(NC1CCc2ccccc2-n2ccnc21)c1nccc(-c2ccccc2)n1. The molecule has 6 heteroatoms. The highest BCUT2D eigenvalue weighted by Gasteiger charge is 2.25. The number of aryl methyl sites for hydroxylation is 1. The Kier molecular flexibility index (Phi) is 4.37. The lowest BCUT2D eigenvalue weighted by Crippen LogP contribution is -2.31. The van der Waals surface area contributed by atoms with Crippen LogP contribution in [0.25, 0.3) is 16.9 Å². The molecule has 1 amide bonds. The first kappa shape index (κ1) is 17.3. The maximum Gasteiger partial charge on any atom is 0.289 e. The Balaban J connectivity index is 1.42. The van der Waals surface area contributed by atoms with Crippen molar-refractivity contribution in [1.29, 1.82) is 0 Å². The van der Waals surface area contributed by atoms with Crippen LogP contribution in [0.2, 0.25) is 0 Å². The highest BCUT2D eigenvalue weighted by atomic mass is 16.2. The molecule has 3 heterocycles. The summed E-state index contributed by atoms with van der Waals surface area (Å²) in [5, 5.41) is 3.08. The first-order chi connectivity index (χ1) is 14.3. The van der Waals surface area contributed by atoms with Gasteiger partial charge in [0, 0.05) is 29.8 Å². The van der Waals surface area contributed by atoms with E-state index < -0.39 is 0 Å². The van der Waals surface area contributed by atoms with Crippen molar-refractivity contribution in [2.24, 2.45) is 0 Å². The van der Waals surface area contributed by atoms with E-state index in [9.17, 15) is 4.79 Å². The fourth-order valence-electron chi connectivity index (χ4n) is 3.76. The molecule has 0 bridgehead atoms. The van der Waals surface area contributed by atoms with Crippen molar-refractivity contribution in [3.63, 3.8) is 0 Å². The number of imidazole rings is 1. The van der Waals surface area contributed by atoms with Gasteiger partial charge in [-0.05, 0) is 30.5 Å². The van der Waals surface area contributed by atoms with Gasteiger partial charge in [-0.3, -0.25) is 4.79 Å². The van der Waals surface area contributed by atoms with Crippen molar-refractivity contribution < 1.29 is 4.79 Å². The van der Waals surface area contributed by atoms with Gasteiger partial charge in [0.25, 0.3) is 5.91 Å². The molecule has 0 saturated heterocycles. The van der Waals surface area contributed by atoms with Gasteiger partial charge in [0.15, 0.2) is 0 Å². The van der Waals surface area contributed by atoms with Gasteiger partial charge < -0.3 is 9.88 Å². The molecule has 0 aliphatic carbocycles. The lowest BCUT2D eigenvalue weighted by molar-refractivity contribution is 0.0922. The van der Waals surface area contributed by atoms with E-state index >= 15 is 0 Å². The number of aromatic nitrogens is 4. The third kappa shape index (κ3) is 3.29. The van der Waals surface area contributed by atoms with Crippen molar-refractivity contribution in [3.8, 4) is 16.9 Å². The summed E-state index contributed by atoms with van der Waals surface area (Å²) in [6, 6.07) is 19.6. The Labute approximate surface area is 168 Å². The zero-order valence-corrected chi connectivity index (χ0v) is 15.7. The Hall–Kier alpha value is -3.80. The van der Waals surface area contributed by atoms with Gasteiger partial charge in [0.1, 0.15) is 5.82 Å². The largest absolute Gasteiger partial charge is 0.339 e. The number of hydrogen-bond acceptors (Lipinski definition) is 4. The smallest absolute Gasteiger partial charge is 0.289 e. The molecule has 1 aliphatic heterocycles. The zero-order chi connectivity index (χ0) is 19.6. The van der Waals surface area contributed by atoms with E-state index in [1.165, 1.54) is 5.56 Å². The number of rotatable bonds is 3. The topological polar surface area (TPSA) is 72.7 Å². The van der Waals surface area contributed by atoms with Crippen LogP contribution in [0.4, 0.5) is 0 Å². The molecule has 0 saturated carbocycles. The van der Waals surface area contributed by atoms with Crippen LogP contribution < -0.4 is 5.32 Å². The number of fused-ring (bicyclic) bond motifs is 3. The average molecular weight is 381 g/mol. The van der Waals surface area contributed by atoms with Gasteiger partial charge in [-0.1, -0.05) is 48.5 Å². The fraction of sp³-hybridized carbons (Fsp3) is 0.130. The minimum atomic E-state index is -0.298. The van der Waals surface area contributed by atoms with Gasteiger partial charge in [0.05, 0.1) is 11.7 Å². The Bertz CT molecular complexity index is 1170. The molecule has 0 radical (unpaired) electrons. The van der Waals surface area contributed by atoms with Crippen LogP contribution in [0, 0.1) is 0 Å². The molecular formula is C23H19N5O. The van der Waals surface area contributed by atoms with Gasteiger partial charge in [-0.15, -0.1) is 0 Å². The van der Waals surface area contributed by atoms with E-state index in [1.54, 1.807) is 18.5 Å². The minimum Gasteiger partial charge on any atom is -0.339 e. The average Bonchev–Trinajstić information content (AvgIpc) is 3.22. The van der Waals surface area contributed by atoms with Crippen LogP contribution in [0.1, 0.15) is 34.5 Å². The van der Waals surface area contributed by atoms with Crippen molar-refractivity contribution >= 4 is 5.91 Å². The van der Waals surface area contributed by atoms with Crippen LogP contribution in [-0.2, 0) is 6.42 Å². The summed E-state index contributed by atoms with van der Waals surface area (Å²) in [7, 11) is 0. The van der Waals surface area contributed by atoms with Crippen LogP contribution in [0.15, 0.2) is 79.3 Å². The van der Waals surface area contributed by atoms with Crippen molar-refractivity contribution in [1.82, 2.24) is 24.8 Å². The number of nitrogens with zero attached hydrogens (tertiary/aromatic N) is 4. The fourth-order valence-corrected chi connectivity index (χ4v) is 3.76. The lowest BCUT2D eigenvalue weighted by Gasteiger charge is -2.16. The van der Waals surface area contributed by atoms with Crippen LogP contribution in [-0.4, -0.2) is 25.4 Å². The van der Waals surface area contributed by atoms with Crippen LogP contribution >= 0.6 is 0 Å². The van der Waals surface area contributed by atoms with Gasteiger partial charge in [0.2, 0.25) is 5.82 Å². The van der Waals surface area contributed by atoms with Crippen molar-refractivity contribution in [2.75, 3.05) is 0 Å². The highest BCUT2D eigenvalue weighted by Crippen LogP contribution is 2.28. The second-order valence-electron chi connectivity index (χ2n) is 6.98. The summed E-state index contributed by atoms with van der Waals surface area (Å²) in [4.78, 5) is 26.1. The normalized spacial score (nSPS) is 15.1. The molecule has 1 aliphatic rings. The number of hydrogen-bond donors (Lipinski definition) is 1. The van der Waals surface area contributed by atoms with E-state index in [-0.39, 0.29) is 17.8 Å². The quantitative estimate of drug-likeness (QED) is 0.587. The van der Waals surface area contributed by atoms with Gasteiger partial charge in [-0.2, -0.15) is 0 Å². The molecule has 1 N–H and O–H groups in total. The molecule has 5 rings (SSSR count). The van der Waals surface area contributed by atoms with Crippen molar-refractivity contribution in [3.05, 3.63) is 96.5 Å². The van der Waals surface area contributed by atoms with E-state index in [1.807, 2.05) is 48.7 Å². The second-order valence-corrected chi connectivity index (χ2v) is 6.98. The maximum atomic E-state index is 12.9. The minimum absolute atomic E-state index is 0.159. The number of benzene rings is 2. The van der Waals surface area contributed by atoms with Crippen molar-refractivity contribution in [2.45, 2.75) is 18.9 Å². The molecule has 0 fully saturated rings. The summed E-state index contributed by atoms with van der Waals surface area (Å²) in [6.07, 6.45) is 6.94. The first-order valence-corrected chi connectivity index (χ1v) is 9.60. The Morgan fingerprint density at radius 3 is 2.69 bits per heavy atom. The lowest BCUT2D eigenvalue weighted by atomic mass is 10.1. The Morgan fingerprint density at radius 1 is 0.966 bits per heavy atom. The number of nitrogens with one attached hydrogen (secondary N) is 1. The standard InChI is InChI=1S/C23H19N5O/c29-23(21-24-13-12-18(26-21)16-6-2-1-3-7-16)27-19-11-10-17-8-4-5-9-20(17)28-15-14-25-22(19)28/h1-9,12-15,19H,10-11H2,(H,27,29). The molecule has 2 aromatic heterocycles. The molecule has 0 spiro atoms. The molecular weight excluding hydrogens is 362 g/mol. The summed E-state index contributed by atoms with van der Waals surface area (Å²) in [6.45, 7) is 0.